The maximum absolute atomic E-state index is 6.59. The first-order valence-corrected chi connectivity index (χ1v) is 12.2. The highest BCUT2D eigenvalue weighted by molar-refractivity contribution is 6.41. The average Bonchev–Trinajstić information content (AvgIpc) is 2.91. The molecule has 0 amide bonds. The van der Waals surface area contributed by atoms with Crippen LogP contribution in [0.1, 0.15) is 19.3 Å². The number of aromatic nitrogens is 3. The molecule has 2 aromatic carbocycles. The van der Waals surface area contributed by atoms with Gasteiger partial charge >= 0.3 is 0 Å². The van der Waals surface area contributed by atoms with Crippen LogP contribution in [0.3, 0.4) is 0 Å². The zero-order valence-electron chi connectivity index (χ0n) is 20.1. The Bertz CT molecular complexity index is 1290. The summed E-state index contributed by atoms with van der Waals surface area (Å²) in [7, 11) is 3.04. The van der Waals surface area contributed by atoms with E-state index in [-0.39, 0.29) is 5.95 Å². The third-order valence-corrected chi connectivity index (χ3v) is 6.28. The second-order valence-electron chi connectivity index (χ2n) is 7.97. The van der Waals surface area contributed by atoms with Crippen molar-refractivity contribution in [2.45, 2.75) is 19.3 Å². The van der Waals surface area contributed by atoms with E-state index in [9.17, 15) is 0 Å². The lowest BCUT2D eigenvalue weighted by Gasteiger charge is -2.16. The minimum absolute atomic E-state index is 0.146. The van der Waals surface area contributed by atoms with Crippen LogP contribution in [0.4, 0.5) is 17.5 Å². The van der Waals surface area contributed by atoms with Gasteiger partial charge < -0.3 is 25.3 Å². The number of hydrogen-bond donors (Lipinski definition) is 2. The number of nitrogens with zero attached hydrogens (tertiary/aromatic N) is 3. The van der Waals surface area contributed by atoms with E-state index in [0.717, 1.165) is 18.9 Å². The van der Waals surface area contributed by atoms with Gasteiger partial charge in [0.2, 0.25) is 5.95 Å². The highest BCUT2D eigenvalue weighted by Gasteiger charge is 2.21. The number of methoxy groups -OCH3 is 2. The van der Waals surface area contributed by atoms with Crippen LogP contribution in [0.2, 0.25) is 10.0 Å². The van der Waals surface area contributed by atoms with Crippen LogP contribution in [-0.4, -0.2) is 42.4 Å². The first-order valence-electron chi connectivity index (χ1n) is 11.4. The summed E-state index contributed by atoms with van der Waals surface area (Å²) in [4.78, 5) is 13.2. The van der Waals surface area contributed by atoms with Gasteiger partial charge in [-0.05, 0) is 37.5 Å². The minimum atomic E-state index is 0.146. The van der Waals surface area contributed by atoms with E-state index in [1.54, 1.807) is 18.3 Å². The van der Waals surface area contributed by atoms with Gasteiger partial charge in [-0.25, -0.2) is 15.0 Å². The van der Waals surface area contributed by atoms with E-state index in [4.69, 9.17) is 48.1 Å². The predicted octanol–water partition coefficient (Wildman–Crippen LogP) is 6.53. The number of fused-ring (bicyclic) bond motifs is 1. The monoisotopic (exact) mass is 527 g/mol. The van der Waals surface area contributed by atoms with Gasteiger partial charge in [0.1, 0.15) is 17.0 Å². The van der Waals surface area contributed by atoms with E-state index in [1.807, 2.05) is 30.3 Å². The Balaban J connectivity index is 0.000000445. The van der Waals surface area contributed by atoms with Gasteiger partial charge in [0.05, 0.1) is 30.0 Å². The third-order valence-electron chi connectivity index (χ3n) is 5.53. The van der Waals surface area contributed by atoms with E-state index < -0.39 is 0 Å². The van der Waals surface area contributed by atoms with Crippen molar-refractivity contribution < 1.29 is 14.2 Å². The van der Waals surface area contributed by atoms with Crippen molar-refractivity contribution in [2.24, 2.45) is 0 Å². The number of halogens is 2. The summed E-state index contributed by atoms with van der Waals surface area (Å²) < 4.78 is 15.8. The van der Waals surface area contributed by atoms with Crippen LogP contribution in [-0.2, 0) is 4.74 Å². The second-order valence-corrected chi connectivity index (χ2v) is 8.73. The molecule has 4 aromatic rings. The molecular weight excluding hydrogens is 501 g/mol. The molecule has 10 heteroatoms. The zero-order chi connectivity index (χ0) is 25.5. The molecule has 3 heterocycles. The molecule has 0 spiro atoms. The predicted molar refractivity (Wildman–Crippen MR) is 145 cm³/mol. The molecule has 1 aliphatic heterocycles. The molecule has 188 valence electrons. The maximum atomic E-state index is 6.59. The number of para-hydroxylation sites is 1. The number of nitrogens with two attached hydrogens (primary N) is 1. The quantitative estimate of drug-likeness (QED) is 0.301. The Morgan fingerprint density at radius 1 is 0.917 bits per heavy atom. The Morgan fingerprint density at radius 3 is 2.14 bits per heavy atom. The highest BCUT2D eigenvalue weighted by Crippen LogP contribution is 2.46. The van der Waals surface area contributed by atoms with Gasteiger partial charge in [-0.1, -0.05) is 41.4 Å². The van der Waals surface area contributed by atoms with Crippen molar-refractivity contribution in [1.29, 1.82) is 0 Å². The molecular formula is C26H27Cl2N5O3. The second kappa shape index (κ2) is 12.1. The largest absolute Gasteiger partial charge is 0.495 e. The molecule has 3 N–H and O–H groups in total. The highest BCUT2D eigenvalue weighted by atomic mass is 35.5. The van der Waals surface area contributed by atoms with Gasteiger partial charge in [-0.3, -0.25) is 0 Å². The number of nitrogens with one attached hydrogen (secondary N) is 1. The van der Waals surface area contributed by atoms with Crippen molar-refractivity contribution in [3.63, 3.8) is 0 Å². The summed E-state index contributed by atoms with van der Waals surface area (Å²) in [6.45, 7) is 2.00. The summed E-state index contributed by atoms with van der Waals surface area (Å²) in [5.74, 6) is 1.46. The van der Waals surface area contributed by atoms with Crippen LogP contribution in [0, 0.1) is 0 Å². The van der Waals surface area contributed by atoms with E-state index in [0.29, 0.717) is 49.5 Å². The molecule has 0 bridgehead atoms. The fourth-order valence-corrected chi connectivity index (χ4v) is 4.42. The maximum Gasteiger partial charge on any atom is 0.220 e. The SMILES string of the molecule is C1CCOCC1.COc1cc(OC)c(Cl)c(-c2cc3cnc(N)nc3c(Nc3ccccc3)n2)c1Cl. The third kappa shape index (κ3) is 5.90. The molecule has 2 aromatic heterocycles. The van der Waals surface area contributed by atoms with Crippen LogP contribution in [0.25, 0.3) is 22.2 Å². The Morgan fingerprint density at radius 2 is 1.58 bits per heavy atom. The normalized spacial score (nSPS) is 13.0. The number of hydrogen-bond acceptors (Lipinski definition) is 8. The summed E-state index contributed by atoms with van der Waals surface area (Å²) >= 11 is 13.2. The zero-order valence-corrected chi connectivity index (χ0v) is 21.6. The summed E-state index contributed by atoms with van der Waals surface area (Å²) in [5, 5.41) is 4.62. The first-order chi connectivity index (χ1) is 17.5. The molecule has 0 unspecified atom stereocenters. The van der Waals surface area contributed by atoms with Crippen molar-refractivity contribution in [3.8, 4) is 22.8 Å². The minimum Gasteiger partial charge on any atom is -0.495 e. The number of ether oxygens (including phenoxy) is 3. The lowest BCUT2D eigenvalue weighted by molar-refractivity contribution is 0.0968. The van der Waals surface area contributed by atoms with E-state index in [2.05, 4.69) is 15.3 Å². The number of rotatable bonds is 5. The molecule has 0 saturated carbocycles. The van der Waals surface area contributed by atoms with Crippen LogP contribution in [0.5, 0.6) is 11.5 Å². The Labute approximate surface area is 219 Å². The van der Waals surface area contributed by atoms with Crippen molar-refractivity contribution in [2.75, 3.05) is 38.5 Å². The molecule has 0 aliphatic carbocycles. The van der Waals surface area contributed by atoms with Gasteiger partial charge in [0.15, 0.2) is 5.82 Å². The summed E-state index contributed by atoms with van der Waals surface area (Å²) in [6, 6.07) is 13.0. The average molecular weight is 528 g/mol. The summed E-state index contributed by atoms with van der Waals surface area (Å²) in [6.07, 6.45) is 5.55. The van der Waals surface area contributed by atoms with Gasteiger partial charge in [0.25, 0.3) is 0 Å². The number of pyridine rings is 1. The number of anilines is 3. The molecule has 8 nitrogen and oxygen atoms in total. The van der Waals surface area contributed by atoms with Gasteiger partial charge in [-0.15, -0.1) is 0 Å². The van der Waals surface area contributed by atoms with Crippen LogP contribution in [0.15, 0.2) is 48.7 Å². The Hall–Kier alpha value is -3.33. The topological polar surface area (TPSA) is 104 Å². The number of nitrogen functional groups attached to an aromatic ring is 1. The fraction of sp³-hybridized carbons (Fsp3) is 0.269. The molecule has 1 aliphatic rings. The summed E-state index contributed by atoms with van der Waals surface area (Å²) in [5.41, 5.74) is 8.19. The molecule has 36 heavy (non-hydrogen) atoms. The molecule has 1 fully saturated rings. The molecule has 5 rings (SSSR count). The first kappa shape index (κ1) is 25.8. The Kier molecular flexibility index (Phi) is 8.64. The van der Waals surface area contributed by atoms with E-state index in [1.165, 1.54) is 33.5 Å². The fourth-order valence-electron chi connectivity index (χ4n) is 3.72. The van der Waals surface area contributed by atoms with Crippen molar-refractivity contribution in [3.05, 3.63) is 58.7 Å². The standard InChI is InChI=1S/C21H17Cl2N5O2.C5H10O/c1-29-14-9-15(30-2)18(23)16(17(14)22)13-8-11-10-25-21(24)28-19(11)20(27-13)26-12-6-4-3-5-7-12;1-2-4-6-5-3-1/h3-10H,1-2H3,(H,26,27)(H2,24,25,28);1-5H2. The van der Waals surface area contributed by atoms with Gasteiger partial charge in [-0.2, -0.15) is 0 Å². The lowest BCUT2D eigenvalue weighted by atomic mass is 10.1. The van der Waals surface area contributed by atoms with Crippen molar-refractivity contribution in [1.82, 2.24) is 15.0 Å². The van der Waals surface area contributed by atoms with Crippen molar-refractivity contribution >= 4 is 51.6 Å². The van der Waals surface area contributed by atoms with E-state index >= 15 is 0 Å². The van der Waals surface area contributed by atoms with Crippen LogP contribution < -0.4 is 20.5 Å². The van der Waals surface area contributed by atoms with Gasteiger partial charge in [0, 0.05) is 42.1 Å². The number of benzene rings is 2. The lowest BCUT2D eigenvalue weighted by Crippen LogP contribution is -2.03. The van der Waals surface area contributed by atoms with Crippen LogP contribution >= 0.6 is 23.2 Å². The smallest absolute Gasteiger partial charge is 0.220 e. The molecule has 0 radical (unpaired) electrons. The molecule has 1 saturated heterocycles. The molecule has 0 atom stereocenters.